The molecular weight excluding hydrogens is 292 g/mol. The molecule has 1 N–H and O–H groups in total. The lowest BCUT2D eigenvalue weighted by Crippen LogP contribution is -2.31. The first-order valence-corrected chi connectivity index (χ1v) is 7.06. The van der Waals surface area contributed by atoms with Gasteiger partial charge in [0.05, 0.1) is 6.61 Å². The van der Waals surface area contributed by atoms with Gasteiger partial charge in [-0.3, -0.25) is 0 Å². The van der Waals surface area contributed by atoms with E-state index in [1.165, 1.54) is 15.6 Å². The Morgan fingerprint density at radius 2 is 2.11 bits per heavy atom. The second-order valence-electron chi connectivity index (χ2n) is 4.56. The summed E-state index contributed by atoms with van der Waals surface area (Å²) in [5.41, 5.74) is 2.61. The maximum atomic E-state index is 5.05. The maximum absolute atomic E-state index is 5.05. The third kappa shape index (κ3) is 5.96. The Morgan fingerprint density at radius 3 is 2.78 bits per heavy atom. The first-order chi connectivity index (χ1) is 8.63. The van der Waals surface area contributed by atoms with Crippen LogP contribution >= 0.6 is 15.9 Å². The number of rotatable bonds is 8. The summed E-state index contributed by atoms with van der Waals surface area (Å²) in [6.45, 7) is 6.85. The number of nitrogens with one attached hydrogen (secondary N) is 1. The highest BCUT2D eigenvalue weighted by Crippen LogP contribution is 2.16. The third-order valence-electron chi connectivity index (χ3n) is 2.90. The molecule has 0 spiro atoms. The molecule has 4 heteroatoms. The second-order valence-corrected chi connectivity index (χ2v) is 5.41. The average molecular weight is 315 g/mol. The van der Waals surface area contributed by atoms with Crippen molar-refractivity contribution in [3.05, 3.63) is 33.8 Å². The number of ether oxygens (including phenoxy) is 1. The third-order valence-corrected chi connectivity index (χ3v) is 3.79. The van der Waals surface area contributed by atoms with Crippen LogP contribution < -0.4 is 5.32 Å². The van der Waals surface area contributed by atoms with Gasteiger partial charge in [0.15, 0.2) is 0 Å². The van der Waals surface area contributed by atoms with E-state index >= 15 is 0 Å². The van der Waals surface area contributed by atoms with Gasteiger partial charge in [0.2, 0.25) is 0 Å². The molecule has 0 saturated heterocycles. The van der Waals surface area contributed by atoms with Crippen LogP contribution in [0, 0.1) is 6.92 Å². The van der Waals surface area contributed by atoms with E-state index in [4.69, 9.17) is 4.74 Å². The molecule has 18 heavy (non-hydrogen) atoms. The van der Waals surface area contributed by atoms with Crippen molar-refractivity contribution < 1.29 is 4.74 Å². The molecule has 0 saturated carbocycles. The van der Waals surface area contributed by atoms with E-state index in [2.05, 4.69) is 58.3 Å². The minimum atomic E-state index is 0.794. The molecule has 0 heterocycles. The van der Waals surface area contributed by atoms with E-state index < -0.39 is 0 Å². The molecule has 0 atom stereocenters. The first kappa shape index (κ1) is 15.6. The zero-order valence-corrected chi connectivity index (χ0v) is 13.1. The molecule has 0 aromatic heterocycles. The van der Waals surface area contributed by atoms with Crippen LogP contribution in [-0.4, -0.2) is 45.3 Å². The minimum absolute atomic E-state index is 0.794. The Labute approximate surface area is 119 Å². The van der Waals surface area contributed by atoms with Crippen LogP contribution in [0.25, 0.3) is 0 Å². The normalized spacial score (nSPS) is 11.2. The Balaban J connectivity index is 2.19. The molecule has 0 fully saturated rings. The van der Waals surface area contributed by atoms with Gasteiger partial charge >= 0.3 is 0 Å². The Morgan fingerprint density at radius 1 is 1.33 bits per heavy atom. The SMILES string of the molecule is COCCN(C)CCNCc1ccc(Br)c(C)c1. The largest absolute Gasteiger partial charge is 0.383 e. The fraction of sp³-hybridized carbons (Fsp3) is 0.571. The van der Waals surface area contributed by atoms with E-state index in [-0.39, 0.29) is 0 Å². The smallest absolute Gasteiger partial charge is 0.0589 e. The predicted octanol–water partition coefficient (Wildman–Crippen LogP) is 2.43. The van der Waals surface area contributed by atoms with Crippen molar-refractivity contribution in [1.82, 2.24) is 10.2 Å². The van der Waals surface area contributed by atoms with Crippen molar-refractivity contribution >= 4 is 15.9 Å². The highest BCUT2D eigenvalue weighted by Gasteiger charge is 1.99. The highest BCUT2D eigenvalue weighted by molar-refractivity contribution is 9.10. The number of methoxy groups -OCH3 is 1. The molecular formula is C14H23BrN2O. The van der Waals surface area contributed by atoms with E-state index in [0.717, 1.165) is 32.8 Å². The fourth-order valence-corrected chi connectivity index (χ4v) is 1.92. The number of hydrogen-bond acceptors (Lipinski definition) is 3. The van der Waals surface area contributed by atoms with E-state index in [0.29, 0.717) is 0 Å². The number of benzene rings is 1. The second kappa shape index (κ2) is 8.64. The number of nitrogens with zero attached hydrogens (tertiary/aromatic N) is 1. The quantitative estimate of drug-likeness (QED) is 0.746. The van der Waals surface area contributed by atoms with Crippen LogP contribution in [-0.2, 0) is 11.3 Å². The molecule has 0 aliphatic carbocycles. The molecule has 1 rings (SSSR count). The summed E-state index contributed by atoms with van der Waals surface area (Å²) in [5, 5.41) is 3.46. The maximum Gasteiger partial charge on any atom is 0.0589 e. The van der Waals surface area contributed by atoms with Gasteiger partial charge < -0.3 is 15.0 Å². The van der Waals surface area contributed by atoms with Gasteiger partial charge in [-0.25, -0.2) is 0 Å². The van der Waals surface area contributed by atoms with Crippen molar-refractivity contribution in [1.29, 1.82) is 0 Å². The molecule has 0 bridgehead atoms. The topological polar surface area (TPSA) is 24.5 Å². The molecule has 0 radical (unpaired) electrons. The summed E-state index contributed by atoms with van der Waals surface area (Å²) in [5.74, 6) is 0. The van der Waals surface area contributed by atoms with Crippen LogP contribution in [0.2, 0.25) is 0 Å². The van der Waals surface area contributed by atoms with E-state index in [9.17, 15) is 0 Å². The lowest BCUT2D eigenvalue weighted by atomic mass is 10.1. The van der Waals surface area contributed by atoms with E-state index in [1.54, 1.807) is 7.11 Å². The number of hydrogen-bond donors (Lipinski definition) is 1. The zero-order valence-electron chi connectivity index (χ0n) is 11.5. The Kier molecular flexibility index (Phi) is 7.51. The van der Waals surface area contributed by atoms with E-state index in [1.807, 2.05) is 0 Å². The summed E-state index contributed by atoms with van der Waals surface area (Å²) in [7, 11) is 3.85. The standard InChI is InChI=1S/C14H23BrN2O/c1-12-10-13(4-5-14(12)15)11-16-6-7-17(2)8-9-18-3/h4-5,10,16H,6-9,11H2,1-3H3. The van der Waals surface area contributed by atoms with Crippen molar-refractivity contribution in [2.45, 2.75) is 13.5 Å². The van der Waals surface area contributed by atoms with Gasteiger partial charge in [0.25, 0.3) is 0 Å². The van der Waals surface area contributed by atoms with Gasteiger partial charge in [0.1, 0.15) is 0 Å². The van der Waals surface area contributed by atoms with Gasteiger partial charge in [-0.1, -0.05) is 28.1 Å². The molecule has 0 amide bonds. The van der Waals surface area contributed by atoms with Crippen molar-refractivity contribution in [3.8, 4) is 0 Å². The summed E-state index contributed by atoms with van der Waals surface area (Å²) < 4.78 is 6.22. The molecule has 3 nitrogen and oxygen atoms in total. The van der Waals surface area contributed by atoms with Gasteiger partial charge in [-0.05, 0) is 31.2 Å². The fourth-order valence-electron chi connectivity index (χ4n) is 1.68. The number of halogens is 1. The molecule has 1 aromatic carbocycles. The number of likely N-dealkylation sites (N-methyl/N-ethyl adjacent to an activating group) is 1. The monoisotopic (exact) mass is 314 g/mol. The zero-order chi connectivity index (χ0) is 13.4. The minimum Gasteiger partial charge on any atom is -0.383 e. The highest BCUT2D eigenvalue weighted by atomic mass is 79.9. The summed E-state index contributed by atoms with van der Waals surface area (Å²) in [6, 6.07) is 6.47. The first-order valence-electron chi connectivity index (χ1n) is 6.26. The van der Waals surface area contributed by atoms with Crippen LogP contribution in [0.4, 0.5) is 0 Å². The average Bonchev–Trinajstić information content (AvgIpc) is 2.36. The van der Waals surface area contributed by atoms with Crippen LogP contribution in [0.5, 0.6) is 0 Å². The summed E-state index contributed by atoms with van der Waals surface area (Å²) >= 11 is 3.52. The lowest BCUT2D eigenvalue weighted by molar-refractivity contribution is 0.161. The Hall–Kier alpha value is -0.420. The van der Waals surface area contributed by atoms with Crippen LogP contribution in [0.15, 0.2) is 22.7 Å². The molecule has 0 unspecified atom stereocenters. The van der Waals surface area contributed by atoms with Crippen molar-refractivity contribution in [2.24, 2.45) is 0 Å². The van der Waals surface area contributed by atoms with Gasteiger partial charge in [0, 0.05) is 37.8 Å². The summed E-state index contributed by atoms with van der Waals surface area (Å²) in [6.07, 6.45) is 0. The molecule has 0 aliphatic rings. The van der Waals surface area contributed by atoms with Gasteiger partial charge in [-0.15, -0.1) is 0 Å². The lowest BCUT2D eigenvalue weighted by Gasteiger charge is -2.16. The number of aryl methyl sites for hydroxylation is 1. The molecule has 1 aromatic rings. The Bertz CT molecular complexity index is 358. The molecule has 102 valence electrons. The predicted molar refractivity (Wildman–Crippen MR) is 80.0 cm³/mol. The molecule has 0 aliphatic heterocycles. The van der Waals surface area contributed by atoms with Crippen molar-refractivity contribution in [2.75, 3.05) is 40.4 Å². The van der Waals surface area contributed by atoms with Gasteiger partial charge in [-0.2, -0.15) is 0 Å². The van der Waals surface area contributed by atoms with Crippen LogP contribution in [0.1, 0.15) is 11.1 Å². The van der Waals surface area contributed by atoms with Crippen molar-refractivity contribution in [3.63, 3.8) is 0 Å². The summed E-state index contributed by atoms with van der Waals surface area (Å²) in [4.78, 5) is 2.27. The van der Waals surface area contributed by atoms with Crippen LogP contribution in [0.3, 0.4) is 0 Å².